The molecular weight excluding hydrogens is 320 g/mol. The SMILES string of the molecule is CCCCCCCCCCCCNC(=O)C=C1CC(C)(C)NC(C)(C)C1. The van der Waals surface area contributed by atoms with Gasteiger partial charge in [0.1, 0.15) is 0 Å². The van der Waals surface area contributed by atoms with Crippen LogP contribution >= 0.6 is 0 Å². The highest BCUT2D eigenvalue weighted by Gasteiger charge is 2.34. The van der Waals surface area contributed by atoms with Gasteiger partial charge in [-0.25, -0.2) is 0 Å². The Labute approximate surface area is 162 Å². The molecule has 1 rings (SSSR count). The Morgan fingerprint density at radius 1 is 0.885 bits per heavy atom. The van der Waals surface area contributed by atoms with E-state index in [1.165, 1.54) is 63.4 Å². The van der Waals surface area contributed by atoms with Crippen LogP contribution < -0.4 is 10.6 Å². The fourth-order valence-electron chi connectivity index (χ4n) is 4.36. The van der Waals surface area contributed by atoms with E-state index in [1.807, 2.05) is 6.08 Å². The van der Waals surface area contributed by atoms with Gasteiger partial charge in [0, 0.05) is 23.7 Å². The zero-order valence-electron chi connectivity index (χ0n) is 18.2. The first-order chi connectivity index (χ1) is 12.2. The Kier molecular flexibility index (Phi) is 10.5. The van der Waals surface area contributed by atoms with Crippen molar-refractivity contribution in [2.75, 3.05) is 6.54 Å². The van der Waals surface area contributed by atoms with Crippen molar-refractivity contribution < 1.29 is 4.79 Å². The number of piperidine rings is 1. The molecule has 1 heterocycles. The van der Waals surface area contributed by atoms with Crippen LogP contribution in [0.25, 0.3) is 0 Å². The molecule has 0 atom stereocenters. The van der Waals surface area contributed by atoms with E-state index in [9.17, 15) is 4.79 Å². The lowest BCUT2D eigenvalue weighted by Crippen LogP contribution is -2.56. The maximum absolute atomic E-state index is 12.2. The summed E-state index contributed by atoms with van der Waals surface area (Å²) in [5.74, 6) is 0.0874. The van der Waals surface area contributed by atoms with Crippen molar-refractivity contribution >= 4 is 5.91 Å². The fourth-order valence-corrected chi connectivity index (χ4v) is 4.36. The number of nitrogens with one attached hydrogen (secondary N) is 2. The average Bonchev–Trinajstić information content (AvgIpc) is 2.49. The van der Waals surface area contributed by atoms with Crippen molar-refractivity contribution in [1.29, 1.82) is 0 Å². The molecule has 1 saturated heterocycles. The van der Waals surface area contributed by atoms with Crippen LogP contribution in [0.1, 0.15) is 112 Å². The molecule has 0 aromatic carbocycles. The van der Waals surface area contributed by atoms with Gasteiger partial charge >= 0.3 is 0 Å². The molecule has 0 aliphatic carbocycles. The molecule has 0 aromatic rings. The molecule has 0 unspecified atom stereocenters. The Balaban J connectivity index is 2.10. The summed E-state index contributed by atoms with van der Waals surface area (Å²) in [6.45, 7) is 11.9. The van der Waals surface area contributed by atoms with E-state index in [2.05, 4.69) is 45.3 Å². The van der Waals surface area contributed by atoms with Gasteiger partial charge in [0.2, 0.25) is 5.91 Å². The van der Waals surface area contributed by atoms with E-state index in [1.54, 1.807) is 0 Å². The van der Waals surface area contributed by atoms with Crippen LogP contribution in [-0.4, -0.2) is 23.5 Å². The Morgan fingerprint density at radius 2 is 1.35 bits per heavy atom. The second-order valence-corrected chi connectivity index (χ2v) is 9.52. The number of hydrogen-bond acceptors (Lipinski definition) is 2. The van der Waals surface area contributed by atoms with Gasteiger partial charge in [0.25, 0.3) is 0 Å². The van der Waals surface area contributed by atoms with Gasteiger partial charge in [-0.2, -0.15) is 0 Å². The van der Waals surface area contributed by atoms with Crippen LogP contribution in [0, 0.1) is 0 Å². The largest absolute Gasteiger partial charge is 0.353 e. The summed E-state index contributed by atoms with van der Waals surface area (Å²) in [6.07, 6.45) is 17.0. The number of carbonyl (C=O) groups excluding carboxylic acids is 1. The van der Waals surface area contributed by atoms with Gasteiger partial charge in [-0.1, -0.05) is 70.3 Å². The summed E-state index contributed by atoms with van der Waals surface area (Å²) < 4.78 is 0. The summed E-state index contributed by atoms with van der Waals surface area (Å²) in [5, 5.41) is 6.73. The molecule has 0 spiro atoms. The molecule has 0 radical (unpaired) electrons. The number of rotatable bonds is 12. The highest BCUT2D eigenvalue weighted by Crippen LogP contribution is 2.32. The van der Waals surface area contributed by atoms with Gasteiger partial charge in [0.15, 0.2) is 0 Å². The van der Waals surface area contributed by atoms with Crippen LogP contribution in [0.15, 0.2) is 11.6 Å². The van der Waals surface area contributed by atoms with Gasteiger partial charge < -0.3 is 10.6 Å². The molecule has 0 bridgehead atoms. The second kappa shape index (κ2) is 11.8. The van der Waals surface area contributed by atoms with Gasteiger partial charge in [-0.15, -0.1) is 0 Å². The van der Waals surface area contributed by atoms with Crippen molar-refractivity contribution in [3.8, 4) is 0 Å². The number of hydrogen-bond donors (Lipinski definition) is 2. The third-order valence-electron chi connectivity index (χ3n) is 5.18. The molecule has 1 aliphatic heterocycles. The van der Waals surface area contributed by atoms with E-state index in [4.69, 9.17) is 0 Å². The first kappa shape index (κ1) is 23.2. The normalized spacial score (nSPS) is 18.6. The zero-order valence-corrected chi connectivity index (χ0v) is 18.2. The maximum atomic E-state index is 12.2. The summed E-state index contributed by atoms with van der Waals surface area (Å²) >= 11 is 0. The van der Waals surface area contributed by atoms with Crippen molar-refractivity contribution in [2.24, 2.45) is 0 Å². The third-order valence-corrected chi connectivity index (χ3v) is 5.18. The minimum atomic E-state index is 0.0599. The summed E-state index contributed by atoms with van der Waals surface area (Å²) in [7, 11) is 0. The number of carbonyl (C=O) groups is 1. The van der Waals surface area contributed by atoms with Crippen molar-refractivity contribution in [3.63, 3.8) is 0 Å². The maximum Gasteiger partial charge on any atom is 0.243 e. The van der Waals surface area contributed by atoms with Crippen molar-refractivity contribution in [1.82, 2.24) is 10.6 Å². The molecule has 1 aliphatic rings. The van der Waals surface area contributed by atoms with E-state index in [0.29, 0.717) is 0 Å². The molecule has 1 fully saturated rings. The molecule has 26 heavy (non-hydrogen) atoms. The Bertz CT molecular complexity index is 419. The molecule has 0 aromatic heterocycles. The van der Waals surface area contributed by atoms with E-state index in [0.717, 1.165) is 25.8 Å². The monoisotopic (exact) mass is 364 g/mol. The molecule has 3 nitrogen and oxygen atoms in total. The minimum Gasteiger partial charge on any atom is -0.353 e. The quantitative estimate of drug-likeness (QED) is 0.335. The molecular formula is C23H44N2O. The minimum absolute atomic E-state index is 0.0599. The van der Waals surface area contributed by atoms with Gasteiger partial charge in [0.05, 0.1) is 0 Å². The second-order valence-electron chi connectivity index (χ2n) is 9.52. The molecule has 0 saturated carbocycles. The number of unbranched alkanes of at least 4 members (excludes halogenated alkanes) is 9. The first-order valence-corrected chi connectivity index (χ1v) is 11.0. The van der Waals surface area contributed by atoms with Crippen LogP contribution in [0.2, 0.25) is 0 Å². The van der Waals surface area contributed by atoms with Crippen LogP contribution in [0.5, 0.6) is 0 Å². The van der Waals surface area contributed by atoms with Gasteiger partial charge in [-0.05, 0) is 47.0 Å². The van der Waals surface area contributed by atoms with Crippen LogP contribution in [0.4, 0.5) is 0 Å². The molecule has 2 N–H and O–H groups in total. The average molecular weight is 365 g/mol. The lowest BCUT2D eigenvalue weighted by molar-refractivity contribution is -0.116. The summed E-state index contributed by atoms with van der Waals surface area (Å²) in [6, 6.07) is 0. The van der Waals surface area contributed by atoms with Gasteiger partial charge in [-0.3, -0.25) is 4.79 Å². The van der Waals surface area contributed by atoms with Crippen LogP contribution in [0.3, 0.4) is 0 Å². The molecule has 3 heteroatoms. The Hall–Kier alpha value is -0.830. The van der Waals surface area contributed by atoms with E-state index < -0.39 is 0 Å². The number of amides is 1. The van der Waals surface area contributed by atoms with E-state index >= 15 is 0 Å². The summed E-state index contributed by atoms with van der Waals surface area (Å²) in [4.78, 5) is 12.2. The van der Waals surface area contributed by atoms with Crippen molar-refractivity contribution in [3.05, 3.63) is 11.6 Å². The summed E-state index contributed by atoms with van der Waals surface area (Å²) in [5.41, 5.74) is 1.38. The first-order valence-electron chi connectivity index (χ1n) is 11.0. The predicted octanol–water partition coefficient (Wildman–Crippen LogP) is 5.89. The zero-order chi connectivity index (χ0) is 19.5. The highest BCUT2D eigenvalue weighted by molar-refractivity contribution is 5.88. The molecule has 152 valence electrons. The lowest BCUT2D eigenvalue weighted by atomic mass is 9.79. The fraction of sp³-hybridized carbons (Fsp3) is 0.870. The smallest absolute Gasteiger partial charge is 0.243 e. The standard InChI is InChI=1S/C23H44N2O/c1-6-7-8-9-10-11-12-13-14-15-16-24-21(26)17-20-18-22(2,3)25-23(4,5)19-20/h17,25H,6-16,18-19H2,1-5H3,(H,24,26). The van der Waals surface area contributed by atoms with E-state index in [-0.39, 0.29) is 17.0 Å². The lowest BCUT2D eigenvalue weighted by Gasteiger charge is -2.43. The predicted molar refractivity (Wildman–Crippen MR) is 113 cm³/mol. The Morgan fingerprint density at radius 3 is 1.85 bits per heavy atom. The van der Waals surface area contributed by atoms with Crippen molar-refractivity contribution in [2.45, 2.75) is 123 Å². The van der Waals surface area contributed by atoms with Crippen LogP contribution in [-0.2, 0) is 4.79 Å². The molecule has 1 amide bonds. The highest BCUT2D eigenvalue weighted by atomic mass is 16.1. The third kappa shape index (κ3) is 11.0. The topological polar surface area (TPSA) is 41.1 Å².